The van der Waals surface area contributed by atoms with Gasteiger partial charge in [-0.05, 0) is 36.1 Å². The first-order chi connectivity index (χ1) is 11.4. The Bertz CT molecular complexity index is 761. The van der Waals surface area contributed by atoms with E-state index in [4.69, 9.17) is 26.8 Å². The molecular formula is C16H17ClN2O4S. The van der Waals surface area contributed by atoms with Crippen LogP contribution in [-0.2, 0) is 11.3 Å². The molecule has 0 aliphatic carbocycles. The van der Waals surface area contributed by atoms with Crippen LogP contribution in [0.2, 0.25) is 5.02 Å². The average Bonchev–Trinajstić information content (AvgIpc) is 2.95. The summed E-state index contributed by atoms with van der Waals surface area (Å²) in [6, 6.07) is 4.95. The second-order valence-electron chi connectivity index (χ2n) is 4.95. The summed E-state index contributed by atoms with van der Waals surface area (Å²) >= 11 is 7.71. The highest BCUT2D eigenvalue weighted by Gasteiger charge is 2.16. The molecule has 8 heteroatoms. The van der Waals surface area contributed by atoms with Gasteiger partial charge in [-0.3, -0.25) is 9.59 Å². The highest BCUT2D eigenvalue weighted by atomic mass is 35.5. The van der Waals surface area contributed by atoms with Gasteiger partial charge in [0, 0.05) is 10.4 Å². The molecule has 0 radical (unpaired) electrons. The maximum atomic E-state index is 12.3. The number of ether oxygens (including phenoxy) is 2. The molecule has 3 N–H and O–H groups in total. The summed E-state index contributed by atoms with van der Waals surface area (Å²) in [5.41, 5.74) is 6.51. The number of primary amides is 1. The monoisotopic (exact) mass is 368 g/mol. The lowest BCUT2D eigenvalue weighted by atomic mass is 10.2. The van der Waals surface area contributed by atoms with E-state index in [2.05, 4.69) is 5.32 Å². The van der Waals surface area contributed by atoms with Crippen LogP contribution in [0, 0.1) is 6.92 Å². The van der Waals surface area contributed by atoms with Crippen molar-refractivity contribution in [1.29, 1.82) is 0 Å². The number of hydrogen-bond donors (Lipinski definition) is 2. The number of aryl methyl sites for hydroxylation is 1. The first-order valence-corrected chi connectivity index (χ1v) is 8.28. The molecule has 2 rings (SSSR count). The van der Waals surface area contributed by atoms with Crippen LogP contribution in [0.5, 0.6) is 11.5 Å². The maximum absolute atomic E-state index is 12.3. The van der Waals surface area contributed by atoms with E-state index in [1.54, 1.807) is 11.3 Å². The molecule has 0 saturated heterocycles. The predicted octanol–water partition coefficient (Wildman–Crippen LogP) is 2.51. The molecular weight excluding hydrogens is 352 g/mol. The zero-order valence-corrected chi connectivity index (χ0v) is 14.8. The van der Waals surface area contributed by atoms with Crippen molar-refractivity contribution in [3.63, 3.8) is 0 Å². The van der Waals surface area contributed by atoms with Crippen molar-refractivity contribution in [3.8, 4) is 11.5 Å². The standard InChI is InChI=1S/C16H17ClN2O4S/c1-9-3-4-24-13(9)7-19-16(21)10-5-11(17)15(12(6-10)22-2)23-8-14(18)20/h3-6H,7-8H2,1-2H3,(H2,18,20)(H,19,21). The molecule has 6 nitrogen and oxygen atoms in total. The van der Waals surface area contributed by atoms with Gasteiger partial charge in [0.05, 0.1) is 18.7 Å². The van der Waals surface area contributed by atoms with Crippen molar-refractivity contribution < 1.29 is 19.1 Å². The summed E-state index contributed by atoms with van der Waals surface area (Å²) in [5.74, 6) is -0.504. The molecule has 24 heavy (non-hydrogen) atoms. The van der Waals surface area contributed by atoms with E-state index in [0.29, 0.717) is 12.1 Å². The van der Waals surface area contributed by atoms with Gasteiger partial charge in [-0.1, -0.05) is 11.6 Å². The van der Waals surface area contributed by atoms with Gasteiger partial charge < -0.3 is 20.5 Å². The molecule has 1 aromatic carbocycles. The van der Waals surface area contributed by atoms with Crippen LogP contribution < -0.4 is 20.5 Å². The molecule has 2 aromatic rings. The molecule has 0 unspecified atom stereocenters. The van der Waals surface area contributed by atoms with Crippen LogP contribution in [0.3, 0.4) is 0 Å². The van der Waals surface area contributed by atoms with Gasteiger partial charge in [-0.2, -0.15) is 0 Å². The fourth-order valence-corrected chi connectivity index (χ4v) is 3.09. The highest BCUT2D eigenvalue weighted by Crippen LogP contribution is 2.36. The van der Waals surface area contributed by atoms with Crippen LogP contribution in [0.25, 0.3) is 0 Å². The third kappa shape index (κ3) is 4.39. The third-order valence-electron chi connectivity index (χ3n) is 3.23. The normalized spacial score (nSPS) is 10.3. The Balaban J connectivity index is 2.15. The number of benzene rings is 1. The minimum absolute atomic E-state index is 0.160. The number of thiophene rings is 1. The number of halogens is 1. The number of hydrogen-bond acceptors (Lipinski definition) is 5. The average molecular weight is 369 g/mol. The van der Waals surface area contributed by atoms with Gasteiger partial charge in [0.2, 0.25) is 0 Å². The summed E-state index contributed by atoms with van der Waals surface area (Å²) in [6.45, 7) is 2.09. The zero-order valence-electron chi connectivity index (χ0n) is 13.2. The van der Waals surface area contributed by atoms with Crippen molar-refractivity contribution in [1.82, 2.24) is 5.32 Å². The Hall–Kier alpha value is -2.25. The first kappa shape index (κ1) is 18.1. The van der Waals surface area contributed by atoms with E-state index >= 15 is 0 Å². The van der Waals surface area contributed by atoms with Crippen LogP contribution in [0.4, 0.5) is 0 Å². The molecule has 0 saturated carbocycles. The van der Waals surface area contributed by atoms with Crippen molar-refractivity contribution in [2.75, 3.05) is 13.7 Å². The lowest BCUT2D eigenvalue weighted by Gasteiger charge is -2.13. The number of methoxy groups -OCH3 is 1. The Labute approximate surface area is 148 Å². The van der Waals surface area contributed by atoms with Crippen molar-refractivity contribution in [3.05, 3.63) is 44.6 Å². The van der Waals surface area contributed by atoms with Gasteiger partial charge in [0.1, 0.15) is 0 Å². The van der Waals surface area contributed by atoms with Gasteiger partial charge in [0.25, 0.3) is 11.8 Å². The van der Waals surface area contributed by atoms with Gasteiger partial charge in [-0.15, -0.1) is 11.3 Å². The molecule has 1 heterocycles. The quantitative estimate of drug-likeness (QED) is 0.785. The Kier molecular flexibility index (Phi) is 6.05. The fraction of sp³-hybridized carbons (Fsp3) is 0.250. The molecule has 0 fully saturated rings. The van der Waals surface area contributed by atoms with E-state index < -0.39 is 5.91 Å². The molecule has 1 aromatic heterocycles. The molecule has 2 amide bonds. The lowest BCUT2D eigenvalue weighted by Crippen LogP contribution is -2.23. The van der Waals surface area contributed by atoms with Crippen LogP contribution in [0.1, 0.15) is 20.8 Å². The van der Waals surface area contributed by atoms with Crippen LogP contribution in [-0.4, -0.2) is 25.5 Å². The number of rotatable bonds is 7. The van der Waals surface area contributed by atoms with Crippen molar-refractivity contribution in [2.24, 2.45) is 5.73 Å². The van der Waals surface area contributed by atoms with E-state index in [1.165, 1.54) is 19.2 Å². The Morgan fingerprint density at radius 3 is 2.71 bits per heavy atom. The highest BCUT2D eigenvalue weighted by molar-refractivity contribution is 7.10. The van der Waals surface area contributed by atoms with Crippen molar-refractivity contribution in [2.45, 2.75) is 13.5 Å². The number of carbonyl (C=O) groups excluding carboxylic acids is 2. The zero-order chi connectivity index (χ0) is 17.7. The van der Waals surface area contributed by atoms with E-state index in [0.717, 1.165) is 10.4 Å². The topological polar surface area (TPSA) is 90.7 Å². The van der Waals surface area contributed by atoms with Gasteiger partial charge in [-0.25, -0.2) is 0 Å². The third-order valence-corrected chi connectivity index (χ3v) is 4.53. The first-order valence-electron chi connectivity index (χ1n) is 7.02. The van der Waals surface area contributed by atoms with Crippen LogP contribution in [0.15, 0.2) is 23.6 Å². The fourth-order valence-electron chi connectivity index (χ4n) is 1.98. The Morgan fingerprint density at radius 1 is 1.38 bits per heavy atom. The second kappa shape index (κ2) is 8.03. The molecule has 0 bridgehead atoms. The van der Waals surface area contributed by atoms with Crippen molar-refractivity contribution >= 4 is 34.8 Å². The summed E-state index contributed by atoms with van der Waals surface area (Å²) in [6.07, 6.45) is 0. The van der Waals surface area contributed by atoms with Gasteiger partial charge >= 0.3 is 0 Å². The van der Waals surface area contributed by atoms with E-state index in [-0.39, 0.29) is 29.0 Å². The summed E-state index contributed by atoms with van der Waals surface area (Å²) in [4.78, 5) is 24.2. The largest absolute Gasteiger partial charge is 0.493 e. The minimum atomic E-state index is -0.638. The minimum Gasteiger partial charge on any atom is -0.493 e. The second-order valence-corrected chi connectivity index (χ2v) is 6.36. The Morgan fingerprint density at radius 2 is 2.12 bits per heavy atom. The smallest absolute Gasteiger partial charge is 0.255 e. The number of carbonyl (C=O) groups is 2. The molecule has 128 valence electrons. The lowest BCUT2D eigenvalue weighted by molar-refractivity contribution is -0.119. The molecule has 0 spiro atoms. The summed E-state index contributed by atoms with van der Waals surface area (Å²) in [5, 5.41) is 4.97. The van der Waals surface area contributed by atoms with Gasteiger partial charge in [0.15, 0.2) is 18.1 Å². The molecule has 0 atom stereocenters. The predicted molar refractivity (Wildman–Crippen MR) is 92.9 cm³/mol. The van der Waals surface area contributed by atoms with E-state index in [9.17, 15) is 9.59 Å². The summed E-state index contributed by atoms with van der Waals surface area (Å²) in [7, 11) is 1.42. The maximum Gasteiger partial charge on any atom is 0.255 e. The van der Waals surface area contributed by atoms with Crippen LogP contribution >= 0.6 is 22.9 Å². The number of amides is 2. The molecule has 0 aliphatic heterocycles. The van der Waals surface area contributed by atoms with E-state index in [1.807, 2.05) is 18.4 Å². The number of nitrogens with one attached hydrogen (secondary N) is 1. The SMILES string of the molecule is COc1cc(C(=O)NCc2sccc2C)cc(Cl)c1OCC(N)=O. The summed E-state index contributed by atoms with van der Waals surface area (Å²) < 4.78 is 10.4. The number of nitrogens with two attached hydrogens (primary N) is 1. The molecule has 0 aliphatic rings.